The first kappa shape index (κ1) is 25.6. The zero-order valence-electron chi connectivity index (χ0n) is 21.1. The predicted molar refractivity (Wildman–Crippen MR) is 140 cm³/mol. The van der Waals surface area contributed by atoms with Crippen LogP contribution in [0.1, 0.15) is 43.6 Å². The molecule has 3 aromatic rings. The molecule has 1 amide bonds. The van der Waals surface area contributed by atoms with Gasteiger partial charge in [0.1, 0.15) is 0 Å². The van der Waals surface area contributed by atoms with Crippen molar-refractivity contribution in [3.8, 4) is 11.4 Å². The summed E-state index contributed by atoms with van der Waals surface area (Å²) < 4.78 is 32.7. The van der Waals surface area contributed by atoms with Gasteiger partial charge in [0.15, 0.2) is 0 Å². The minimum absolute atomic E-state index is 0.0364. The summed E-state index contributed by atoms with van der Waals surface area (Å²) in [5.41, 5.74) is 2.71. The number of anilines is 1. The molecule has 2 aliphatic heterocycles. The van der Waals surface area contributed by atoms with Crippen LogP contribution in [0.25, 0.3) is 11.4 Å². The van der Waals surface area contributed by atoms with Crippen LogP contribution in [-0.2, 0) is 21.4 Å². The second-order valence-corrected chi connectivity index (χ2v) is 11.8. The number of aryl methyl sites for hydroxylation is 1. The molecule has 0 unspecified atom stereocenters. The molecule has 10 heteroatoms. The van der Waals surface area contributed by atoms with E-state index in [1.54, 1.807) is 28.6 Å². The van der Waals surface area contributed by atoms with Gasteiger partial charge < -0.3 is 9.84 Å². The van der Waals surface area contributed by atoms with Crippen LogP contribution in [0.4, 0.5) is 5.69 Å². The van der Waals surface area contributed by atoms with Crippen LogP contribution >= 0.6 is 0 Å². The number of amides is 1. The Morgan fingerprint density at radius 1 is 0.973 bits per heavy atom. The number of nitrogens with zero attached hydrogens (tertiary/aromatic N) is 4. The van der Waals surface area contributed by atoms with Gasteiger partial charge in [-0.2, -0.15) is 9.29 Å². The number of hydrogen-bond donors (Lipinski definition) is 1. The van der Waals surface area contributed by atoms with Crippen molar-refractivity contribution in [3.05, 3.63) is 60.0 Å². The normalized spacial score (nSPS) is 18.1. The third-order valence-corrected chi connectivity index (χ3v) is 9.08. The summed E-state index contributed by atoms with van der Waals surface area (Å²) in [7, 11) is -3.48. The highest BCUT2D eigenvalue weighted by molar-refractivity contribution is 7.89. The molecule has 37 heavy (non-hydrogen) atoms. The van der Waals surface area contributed by atoms with Gasteiger partial charge in [-0.25, -0.2) is 8.42 Å². The highest BCUT2D eigenvalue weighted by atomic mass is 32.2. The van der Waals surface area contributed by atoms with Crippen molar-refractivity contribution >= 4 is 21.6 Å². The minimum Gasteiger partial charge on any atom is -0.338 e. The summed E-state index contributed by atoms with van der Waals surface area (Å²) in [4.78, 5) is 19.9. The predicted octanol–water partition coefficient (Wildman–Crippen LogP) is 4.07. The maximum absolute atomic E-state index is 12.8. The van der Waals surface area contributed by atoms with Gasteiger partial charge >= 0.3 is 0 Å². The Hall–Kier alpha value is -3.08. The van der Waals surface area contributed by atoms with Crippen molar-refractivity contribution in [2.45, 2.75) is 50.5 Å². The molecule has 1 aromatic heterocycles. The number of piperidine rings is 2. The van der Waals surface area contributed by atoms with E-state index in [0.717, 1.165) is 50.8 Å². The molecular formula is C27H33N5O4S. The van der Waals surface area contributed by atoms with E-state index in [0.29, 0.717) is 37.0 Å². The molecule has 2 aromatic carbocycles. The van der Waals surface area contributed by atoms with Gasteiger partial charge in [0, 0.05) is 30.3 Å². The lowest BCUT2D eigenvalue weighted by atomic mass is 9.96. The van der Waals surface area contributed by atoms with E-state index < -0.39 is 10.0 Å². The first-order valence-corrected chi connectivity index (χ1v) is 14.4. The largest absolute Gasteiger partial charge is 0.338 e. The van der Waals surface area contributed by atoms with Gasteiger partial charge in [-0.1, -0.05) is 41.4 Å². The van der Waals surface area contributed by atoms with Crippen LogP contribution in [0.2, 0.25) is 0 Å². The smallest absolute Gasteiger partial charge is 0.243 e. The van der Waals surface area contributed by atoms with Crippen molar-refractivity contribution < 1.29 is 17.7 Å². The van der Waals surface area contributed by atoms with E-state index in [1.807, 2.05) is 31.2 Å². The van der Waals surface area contributed by atoms with Gasteiger partial charge in [-0.3, -0.25) is 9.69 Å². The fourth-order valence-electron chi connectivity index (χ4n) is 4.89. The molecule has 0 bridgehead atoms. The molecule has 0 radical (unpaired) electrons. The molecule has 1 N–H and O–H groups in total. The van der Waals surface area contributed by atoms with Crippen LogP contribution in [0, 0.1) is 12.8 Å². The van der Waals surface area contributed by atoms with Gasteiger partial charge in [0.2, 0.25) is 27.6 Å². The van der Waals surface area contributed by atoms with Gasteiger partial charge in [-0.05, 0) is 70.0 Å². The molecule has 0 atom stereocenters. The Kier molecular flexibility index (Phi) is 7.68. The average molecular weight is 524 g/mol. The third kappa shape index (κ3) is 6.08. The Labute approximate surface area is 217 Å². The summed E-state index contributed by atoms with van der Waals surface area (Å²) in [6.07, 6.45) is 4.32. The molecule has 2 aliphatic rings. The van der Waals surface area contributed by atoms with Crippen molar-refractivity contribution in [3.63, 3.8) is 0 Å². The number of aromatic nitrogens is 2. The summed E-state index contributed by atoms with van der Waals surface area (Å²) in [6.45, 7) is 5.25. The number of nitrogens with one attached hydrogen (secondary N) is 1. The van der Waals surface area contributed by atoms with Crippen LogP contribution in [0.5, 0.6) is 0 Å². The van der Waals surface area contributed by atoms with Gasteiger partial charge in [0.25, 0.3) is 0 Å². The molecule has 5 rings (SSSR count). The number of rotatable bonds is 7. The van der Waals surface area contributed by atoms with Crippen molar-refractivity contribution in [2.75, 3.05) is 31.5 Å². The summed E-state index contributed by atoms with van der Waals surface area (Å²) in [5, 5.41) is 7.06. The molecule has 196 valence electrons. The minimum atomic E-state index is -3.48. The zero-order chi connectivity index (χ0) is 25.8. The van der Waals surface area contributed by atoms with E-state index in [1.165, 1.54) is 5.56 Å². The topological polar surface area (TPSA) is 109 Å². The highest BCUT2D eigenvalue weighted by Gasteiger charge is 2.28. The molecule has 3 heterocycles. The Balaban J connectivity index is 1.11. The average Bonchev–Trinajstić information content (AvgIpc) is 3.39. The Bertz CT molecular complexity index is 1310. The third-order valence-electron chi connectivity index (χ3n) is 7.17. The van der Waals surface area contributed by atoms with Crippen LogP contribution in [-0.4, -0.2) is 59.8 Å². The molecule has 9 nitrogen and oxygen atoms in total. The Morgan fingerprint density at radius 3 is 2.32 bits per heavy atom. The van der Waals surface area contributed by atoms with Crippen molar-refractivity contribution in [2.24, 2.45) is 5.92 Å². The van der Waals surface area contributed by atoms with Crippen LogP contribution < -0.4 is 5.32 Å². The number of carbonyl (C=O) groups is 1. The van der Waals surface area contributed by atoms with Gasteiger partial charge in [-0.15, -0.1) is 0 Å². The lowest BCUT2D eigenvalue weighted by molar-refractivity contribution is -0.121. The molecule has 2 saturated heterocycles. The quantitative estimate of drug-likeness (QED) is 0.497. The standard InChI is InChI=1S/C27H33N5O4S/c1-20-5-7-21(8-6-20)26-29-25(36-30-26)19-31-17-13-22(14-18-31)27(33)28-23-9-11-24(12-10-23)37(34,35)32-15-3-2-4-16-32/h5-12,22H,2-4,13-19H2,1H3,(H,28,33). The van der Waals surface area contributed by atoms with Crippen molar-refractivity contribution in [1.29, 1.82) is 0 Å². The maximum atomic E-state index is 12.8. The van der Waals surface area contributed by atoms with E-state index >= 15 is 0 Å². The Morgan fingerprint density at radius 2 is 1.65 bits per heavy atom. The zero-order valence-corrected chi connectivity index (χ0v) is 21.9. The number of likely N-dealkylation sites (tertiary alicyclic amines) is 1. The number of benzene rings is 2. The number of hydrogen-bond acceptors (Lipinski definition) is 7. The van der Waals surface area contributed by atoms with Crippen LogP contribution in [0.3, 0.4) is 0 Å². The maximum Gasteiger partial charge on any atom is 0.243 e. The lowest BCUT2D eigenvalue weighted by Gasteiger charge is -2.30. The van der Waals surface area contributed by atoms with E-state index in [4.69, 9.17) is 4.52 Å². The van der Waals surface area contributed by atoms with E-state index in [9.17, 15) is 13.2 Å². The fourth-order valence-corrected chi connectivity index (χ4v) is 6.41. The summed E-state index contributed by atoms with van der Waals surface area (Å²) in [5.74, 6) is 1.02. The molecule has 0 aliphatic carbocycles. The monoisotopic (exact) mass is 523 g/mol. The van der Waals surface area contributed by atoms with E-state index in [2.05, 4.69) is 20.4 Å². The first-order valence-electron chi connectivity index (χ1n) is 12.9. The number of sulfonamides is 1. The second kappa shape index (κ2) is 11.1. The summed E-state index contributed by atoms with van der Waals surface area (Å²) >= 11 is 0. The first-order chi connectivity index (χ1) is 17.9. The van der Waals surface area contributed by atoms with Crippen molar-refractivity contribution in [1.82, 2.24) is 19.3 Å². The molecular weight excluding hydrogens is 490 g/mol. The van der Waals surface area contributed by atoms with E-state index in [-0.39, 0.29) is 16.7 Å². The lowest BCUT2D eigenvalue weighted by Crippen LogP contribution is -2.37. The highest BCUT2D eigenvalue weighted by Crippen LogP contribution is 2.24. The molecule has 2 fully saturated rings. The molecule has 0 saturated carbocycles. The second-order valence-electron chi connectivity index (χ2n) is 9.91. The van der Waals surface area contributed by atoms with Crippen LogP contribution in [0.15, 0.2) is 57.9 Å². The number of carbonyl (C=O) groups excluding carboxylic acids is 1. The fraction of sp³-hybridized carbons (Fsp3) is 0.444. The summed E-state index contributed by atoms with van der Waals surface area (Å²) in [6, 6.07) is 14.5. The SMILES string of the molecule is Cc1ccc(-c2noc(CN3CCC(C(=O)Nc4ccc(S(=O)(=O)N5CCCCC5)cc4)CC3)n2)cc1. The molecule has 0 spiro atoms. The van der Waals surface area contributed by atoms with Gasteiger partial charge in [0.05, 0.1) is 11.4 Å².